The lowest BCUT2D eigenvalue weighted by Gasteiger charge is -2.27. The van der Waals surface area contributed by atoms with Gasteiger partial charge in [-0.05, 0) is 25.7 Å². The van der Waals surface area contributed by atoms with Crippen LogP contribution in [0.1, 0.15) is 44.9 Å². The smallest absolute Gasteiger partial charge is 0.305 e. The number of unbranched alkanes of at least 4 members (excludes halogenated alkanes) is 3. The van der Waals surface area contributed by atoms with Crippen molar-refractivity contribution >= 4 is 35.9 Å². The molecular weight excluding hydrogens is 437 g/mol. The molecule has 0 aromatic heterocycles. The summed E-state index contributed by atoms with van der Waals surface area (Å²) in [6.45, 7) is 3.24. The second-order valence-corrected chi connectivity index (χ2v) is 6.37. The van der Waals surface area contributed by atoms with Gasteiger partial charge < -0.3 is 25.2 Å². The third-order valence-corrected chi connectivity index (χ3v) is 4.51. The molecule has 0 aromatic rings. The molecule has 0 bridgehead atoms. The average molecular weight is 471 g/mol. The minimum atomic E-state index is -0.134. The lowest BCUT2D eigenvalue weighted by atomic mass is 9.84. The fourth-order valence-corrected chi connectivity index (χ4v) is 2.86. The largest absolute Gasteiger partial charge is 0.469 e. The van der Waals surface area contributed by atoms with Crippen molar-refractivity contribution in [2.45, 2.75) is 44.9 Å². The summed E-state index contributed by atoms with van der Waals surface area (Å²) in [7, 11) is 3.18. The zero-order valence-electron chi connectivity index (χ0n) is 15.5. The molecule has 0 amide bonds. The Morgan fingerprint density at radius 3 is 2.64 bits per heavy atom. The fraction of sp³-hybridized carbons (Fsp3) is 0.882. The molecule has 1 aliphatic rings. The summed E-state index contributed by atoms with van der Waals surface area (Å²) in [6, 6.07) is 0. The van der Waals surface area contributed by atoms with Gasteiger partial charge in [0.2, 0.25) is 0 Å². The maximum absolute atomic E-state index is 11.0. The minimum absolute atomic E-state index is 0. The molecule has 1 rings (SSSR count). The molecule has 1 atom stereocenters. The number of guanidine groups is 1. The second-order valence-electron chi connectivity index (χ2n) is 6.37. The van der Waals surface area contributed by atoms with Gasteiger partial charge in [0.15, 0.2) is 5.96 Å². The van der Waals surface area contributed by atoms with Crippen molar-refractivity contribution in [1.29, 1.82) is 0 Å². The molecule has 1 fully saturated rings. The van der Waals surface area contributed by atoms with Gasteiger partial charge in [0.05, 0.1) is 13.7 Å². The van der Waals surface area contributed by atoms with E-state index in [4.69, 9.17) is 4.74 Å². The summed E-state index contributed by atoms with van der Waals surface area (Å²) < 4.78 is 10.1. The highest BCUT2D eigenvalue weighted by atomic mass is 127. The second kappa shape index (κ2) is 14.5. The number of hydrogen-bond acceptors (Lipinski definition) is 5. The number of halogens is 1. The molecule has 0 saturated carbocycles. The van der Waals surface area contributed by atoms with Gasteiger partial charge in [-0.25, -0.2) is 0 Å². The number of nitrogens with zero attached hydrogens (tertiary/aromatic N) is 1. The van der Waals surface area contributed by atoms with Crippen molar-refractivity contribution in [2.75, 3.05) is 47.1 Å². The van der Waals surface area contributed by atoms with E-state index in [0.29, 0.717) is 13.0 Å². The topological polar surface area (TPSA) is 92.2 Å². The van der Waals surface area contributed by atoms with Gasteiger partial charge in [0, 0.05) is 45.2 Å². The molecular formula is C17H34IN3O4. The molecule has 148 valence electrons. The maximum Gasteiger partial charge on any atom is 0.305 e. The molecule has 1 aliphatic heterocycles. The number of hydrogen-bond donors (Lipinski definition) is 3. The number of methoxy groups -OCH3 is 1. The number of carbonyl (C=O) groups excluding carboxylic acids is 1. The minimum Gasteiger partial charge on any atom is -0.469 e. The summed E-state index contributed by atoms with van der Waals surface area (Å²) in [5.74, 6) is 0.652. The molecule has 1 unspecified atom stereocenters. The van der Waals surface area contributed by atoms with Crippen molar-refractivity contribution in [2.24, 2.45) is 10.4 Å². The number of aliphatic hydroxyl groups excluding tert-OH is 1. The summed E-state index contributed by atoms with van der Waals surface area (Å²) in [4.78, 5) is 15.2. The average Bonchev–Trinajstić information content (AvgIpc) is 3.05. The highest BCUT2D eigenvalue weighted by Crippen LogP contribution is 2.31. The van der Waals surface area contributed by atoms with Crippen LogP contribution in [-0.2, 0) is 14.3 Å². The zero-order valence-corrected chi connectivity index (χ0v) is 17.8. The van der Waals surface area contributed by atoms with Crippen LogP contribution in [0.5, 0.6) is 0 Å². The SMILES string of the molecule is CN=C(NCCCCCCC(=O)OC)NCC1(CCO)CCOC1.I. The van der Waals surface area contributed by atoms with E-state index in [1.54, 1.807) is 7.05 Å². The van der Waals surface area contributed by atoms with Gasteiger partial charge >= 0.3 is 5.97 Å². The maximum atomic E-state index is 11.0. The predicted molar refractivity (Wildman–Crippen MR) is 109 cm³/mol. The molecule has 0 aliphatic carbocycles. The van der Waals surface area contributed by atoms with E-state index in [0.717, 1.165) is 64.2 Å². The lowest BCUT2D eigenvalue weighted by Crippen LogP contribution is -2.44. The van der Waals surface area contributed by atoms with Gasteiger partial charge in [0.25, 0.3) is 0 Å². The van der Waals surface area contributed by atoms with E-state index in [1.807, 2.05) is 0 Å². The molecule has 0 spiro atoms. The molecule has 7 nitrogen and oxygen atoms in total. The number of aliphatic hydroxyl groups is 1. The van der Waals surface area contributed by atoms with Crippen LogP contribution in [0.4, 0.5) is 0 Å². The van der Waals surface area contributed by atoms with Crippen molar-refractivity contribution in [3.05, 3.63) is 0 Å². The van der Waals surface area contributed by atoms with Crippen LogP contribution in [0.15, 0.2) is 4.99 Å². The quantitative estimate of drug-likeness (QED) is 0.140. The molecule has 1 saturated heterocycles. The molecule has 8 heteroatoms. The Labute approximate surface area is 168 Å². The van der Waals surface area contributed by atoms with Crippen LogP contribution >= 0.6 is 24.0 Å². The summed E-state index contributed by atoms with van der Waals surface area (Å²) >= 11 is 0. The van der Waals surface area contributed by atoms with Crippen molar-refractivity contribution in [3.63, 3.8) is 0 Å². The fourth-order valence-electron chi connectivity index (χ4n) is 2.86. The standard InChI is InChI=1S/C17H33N3O4.HI/c1-18-16(19-10-6-4-3-5-7-15(22)23-2)20-13-17(8-11-21)9-12-24-14-17;/h21H,3-14H2,1-2H3,(H2,18,19,20);1H. The van der Waals surface area contributed by atoms with E-state index in [-0.39, 0.29) is 42.0 Å². The zero-order chi connectivity index (χ0) is 17.7. The van der Waals surface area contributed by atoms with Crippen LogP contribution in [0.3, 0.4) is 0 Å². The first-order valence-electron chi connectivity index (χ1n) is 8.86. The van der Waals surface area contributed by atoms with Crippen LogP contribution in [0.2, 0.25) is 0 Å². The van der Waals surface area contributed by atoms with Crippen LogP contribution < -0.4 is 10.6 Å². The monoisotopic (exact) mass is 471 g/mol. The third kappa shape index (κ3) is 10.2. The number of rotatable bonds is 11. The lowest BCUT2D eigenvalue weighted by molar-refractivity contribution is -0.140. The highest BCUT2D eigenvalue weighted by Gasteiger charge is 2.34. The molecule has 0 radical (unpaired) electrons. The highest BCUT2D eigenvalue weighted by molar-refractivity contribution is 14.0. The number of ether oxygens (including phenoxy) is 2. The Balaban J connectivity index is 0.00000576. The van der Waals surface area contributed by atoms with Gasteiger partial charge in [-0.3, -0.25) is 9.79 Å². The first-order valence-corrected chi connectivity index (χ1v) is 8.86. The van der Waals surface area contributed by atoms with Gasteiger partial charge in [-0.1, -0.05) is 12.8 Å². The first-order chi connectivity index (χ1) is 11.7. The Morgan fingerprint density at radius 2 is 2.04 bits per heavy atom. The summed E-state index contributed by atoms with van der Waals surface area (Å²) in [6.07, 6.45) is 6.23. The van der Waals surface area contributed by atoms with Crippen LogP contribution in [0, 0.1) is 5.41 Å². The number of aliphatic imine (C=N–C) groups is 1. The van der Waals surface area contributed by atoms with Crippen molar-refractivity contribution in [1.82, 2.24) is 10.6 Å². The van der Waals surface area contributed by atoms with Gasteiger partial charge in [-0.2, -0.15) is 0 Å². The first kappa shape index (κ1) is 24.4. The van der Waals surface area contributed by atoms with E-state index < -0.39 is 0 Å². The van der Waals surface area contributed by atoms with Crippen molar-refractivity contribution in [3.8, 4) is 0 Å². The Kier molecular flexibility index (Phi) is 14.2. The summed E-state index contributed by atoms with van der Waals surface area (Å²) in [5.41, 5.74) is 0.0141. The third-order valence-electron chi connectivity index (χ3n) is 4.51. The number of esters is 1. The Morgan fingerprint density at radius 1 is 1.28 bits per heavy atom. The normalized spacial score (nSPS) is 20.0. The van der Waals surface area contributed by atoms with E-state index in [1.165, 1.54) is 7.11 Å². The Bertz CT molecular complexity index is 388. The van der Waals surface area contributed by atoms with E-state index in [2.05, 4.69) is 20.4 Å². The van der Waals surface area contributed by atoms with E-state index >= 15 is 0 Å². The molecule has 3 N–H and O–H groups in total. The van der Waals surface area contributed by atoms with E-state index in [9.17, 15) is 9.90 Å². The van der Waals surface area contributed by atoms with Gasteiger partial charge in [-0.15, -0.1) is 24.0 Å². The number of nitrogens with one attached hydrogen (secondary N) is 2. The predicted octanol–water partition coefficient (Wildman–Crippen LogP) is 1.68. The Hall–Kier alpha value is -0.610. The van der Waals surface area contributed by atoms with Crippen LogP contribution in [0.25, 0.3) is 0 Å². The van der Waals surface area contributed by atoms with Gasteiger partial charge in [0.1, 0.15) is 0 Å². The molecule has 25 heavy (non-hydrogen) atoms. The molecule has 0 aromatic carbocycles. The summed E-state index contributed by atoms with van der Waals surface area (Å²) in [5, 5.41) is 15.9. The van der Waals surface area contributed by atoms with Crippen molar-refractivity contribution < 1.29 is 19.4 Å². The van der Waals surface area contributed by atoms with Crippen LogP contribution in [-0.4, -0.2) is 64.1 Å². The molecule has 1 heterocycles. The number of carbonyl (C=O) groups is 1.